The second kappa shape index (κ2) is 6.58. The molecule has 1 aromatic heterocycles. The van der Waals surface area contributed by atoms with E-state index in [2.05, 4.69) is 20.8 Å². The zero-order chi connectivity index (χ0) is 13.8. The zero-order valence-electron chi connectivity index (χ0n) is 12.4. The summed E-state index contributed by atoms with van der Waals surface area (Å²) in [5, 5.41) is 0. The monoisotopic (exact) mass is 265 g/mol. The summed E-state index contributed by atoms with van der Waals surface area (Å²) in [6, 6.07) is 1.97. The first-order valence-electron chi connectivity index (χ1n) is 7.48. The lowest BCUT2D eigenvalue weighted by Gasteiger charge is -2.37. The Morgan fingerprint density at radius 2 is 2.21 bits per heavy atom. The van der Waals surface area contributed by atoms with Crippen LogP contribution >= 0.6 is 0 Å². The lowest BCUT2D eigenvalue weighted by atomic mass is 9.75. The minimum atomic E-state index is 0.379. The van der Waals surface area contributed by atoms with Crippen LogP contribution in [0.15, 0.2) is 16.7 Å². The van der Waals surface area contributed by atoms with E-state index in [1.807, 2.05) is 6.07 Å². The van der Waals surface area contributed by atoms with E-state index in [1.54, 1.807) is 6.26 Å². The van der Waals surface area contributed by atoms with Crippen LogP contribution in [0, 0.1) is 17.8 Å². The summed E-state index contributed by atoms with van der Waals surface area (Å²) in [7, 11) is 0. The fourth-order valence-corrected chi connectivity index (χ4v) is 3.18. The van der Waals surface area contributed by atoms with E-state index in [1.165, 1.54) is 19.3 Å². The van der Waals surface area contributed by atoms with Gasteiger partial charge in [0.15, 0.2) is 0 Å². The van der Waals surface area contributed by atoms with Crippen LogP contribution in [0.1, 0.15) is 51.4 Å². The van der Waals surface area contributed by atoms with Crippen LogP contribution in [0.4, 0.5) is 0 Å². The highest BCUT2D eigenvalue weighted by Gasteiger charge is 2.31. The predicted molar refractivity (Wildman–Crippen MR) is 76.5 cm³/mol. The van der Waals surface area contributed by atoms with E-state index in [0.717, 1.165) is 17.2 Å². The Kier molecular flexibility index (Phi) is 5.06. The predicted octanol–water partition coefficient (Wildman–Crippen LogP) is 3.72. The maximum atomic E-state index is 6.20. The second-order valence-electron chi connectivity index (χ2n) is 6.25. The first kappa shape index (κ1) is 14.6. The van der Waals surface area contributed by atoms with Gasteiger partial charge in [-0.1, -0.05) is 27.2 Å². The molecule has 0 radical (unpaired) electrons. The molecule has 0 saturated heterocycles. The molecule has 1 saturated carbocycles. The highest BCUT2D eigenvalue weighted by atomic mass is 16.5. The molecular formula is C16H27NO2. The van der Waals surface area contributed by atoms with E-state index in [0.29, 0.717) is 31.1 Å². The van der Waals surface area contributed by atoms with Crippen molar-refractivity contribution in [1.29, 1.82) is 0 Å². The first-order chi connectivity index (χ1) is 9.11. The maximum absolute atomic E-state index is 6.20. The number of hydrogen-bond acceptors (Lipinski definition) is 3. The number of furan rings is 1. The van der Waals surface area contributed by atoms with E-state index >= 15 is 0 Å². The molecule has 3 nitrogen and oxygen atoms in total. The normalized spacial score (nSPS) is 27.9. The molecule has 0 aliphatic heterocycles. The van der Waals surface area contributed by atoms with Crippen LogP contribution < -0.4 is 5.73 Å². The van der Waals surface area contributed by atoms with Gasteiger partial charge >= 0.3 is 0 Å². The zero-order valence-corrected chi connectivity index (χ0v) is 12.4. The Bertz CT molecular complexity index is 386. The van der Waals surface area contributed by atoms with Crippen molar-refractivity contribution >= 4 is 0 Å². The summed E-state index contributed by atoms with van der Waals surface area (Å²) in [4.78, 5) is 0. The van der Waals surface area contributed by atoms with Crippen LogP contribution in [0.2, 0.25) is 0 Å². The third-order valence-electron chi connectivity index (χ3n) is 4.44. The van der Waals surface area contributed by atoms with Crippen molar-refractivity contribution in [3.63, 3.8) is 0 Å². The van der Waals surface area contributed by atoms with Crippen molar-refractivity contribution in [1.82, 2.24) is 0 Å². The molecule has 1 fully saturated rings. The fraction of sp³-hybridized carbons (Fsp3) is 0.750. The summed E-state index contributed by atoms with van der Waals surface area (Å²) in [5.74, 6) is 3.00. The molecule has 3 heteroatoms. The number of ether oxygens (including phenoxy) is 1. The highest BCUT2D eigenvalue weighted by Crippen LogP contribution is 2.35. The molecule has 0 spiro atoms. The molecule has 3 atom stereocenters. The smallest absolute Gasteiger partial charge is 0.122 e. The standard InChI is InChI=1S/C16H27NO2/c1-11(2)14-5-4-12(3)8-15(14)19-10-13-6-7-18-16(13)9-17/h6-7,11-12,14-15H,4-5,8-10,17H2,1-3H3. The van der Waals surface area contributed by atoms with Crippen molar-refractivity contribution in [3.05, 3.63) is 23.7 Å². The maximum Gasteiger partial charge on any atom is 0.122 e. The average Bonchev–Trinajstić information content (AvgIpc) is 2.83. The number of rotatable bonds is 5. The molecule has 1 aliphatic carbocycles. The number of hydrogen-bond donors (Lipinski definition) is 1. The van der Waals surface area contributed by atoms with Gasteiger partial charge in [-0.2, -0.15) is 0 Å². The molecule has 108 valence electrons. The molecule has 2 rings (SSSR count). The van der Waals surface area contributed by atoms with Gasteiger partial charge in [-0.3, -0.25) is 0 Å². The van der Waals surface area contributed by atoms with Gasteiger partial charge in [0.1, 0.15) is 5.76 Å². The van der Waals surface area contributed by atoms with Crippen LogP contribution in [0.3, 0.4) is 0 Å². The van der Waals surface area contributed by atoms with Gasteiger partial charge in [0.2, 0.25) is 0 Å². The van der Waals surface area contributed by atoms with Gasteiger partial charge in [0.25, 0.3) is 0 Å². The van der Waals surface area contributed by atoms with Gasteiger partial charge in [-0.05, 0) is 36.7 Å². The minimum absolute atomic E-state index is 0.379. The Hall–Kier alpha value is -0.800. The van der Waals surface area contributed by atoms with Gasteiger partial charge < -0.3 is 14.9 Å². The lowest BCUT2D eigenvalue weighted by molar-refractivity contribution is -0.0476. The molecule has 1 heterocycles. The summed E-state index contributed by atoms with van der Waals surface area (Å²) < 4.78 is 11.5. The van der Waals surface area contributed by atoms with Crippen molar-refractivity contribution in [2.24, 2.45) is 23.5 Å². The Labute approximate surface area is 116 Å². The molecule has 3 unspecified atom stereocenters. The van der Waals surface area contributed by atoms with Crippen molar-refractivity contribution in [2.45, 2.75) is 59.3 Å². The largest absolute Gasteiger partial charge is 0.468 e. The van der Waals surface area contributed by atoms with Crippen LogP contribution in [0.25, 0.3) is 0 Å². The van der Waals surface area contributed by atoms with E-state index in [4.69, 9.17) is 14.9 Å². The number of nitrogens with two attached hydrogens (primary N) is 1. The van der Waals surface area contributed by atoms with Gasteiger partial charge in [0, 0.05) is 5.56 Å². The van der Waals surface area contributed by atoms with Crippen LogP contribution in [-0.4, -0.2) is 6.10 Å². The molecule has 19 heavy (non-hydrogen) atoms. The average molecular weight is 265 g/mol. The van der Waals surface area contributed by atoms with Gasteiger partial charge in [-0.15, -0.1) is 0 Å². The SMILES string of the molecule is CC1CCC(C(C)C)C(OCc2ccoc2CN)C1. The van der Waals surface area contributed by atoms with Crippen molar-refractivity contribution in [2.75, 3.05) is 0 Å². The fourth-order valence-electron chi connectivity index (χ4n) is 3.18. The molecule has 0 amide bonds. The molecule has 0 aromatic carbocycles. The van der Waals surface area contributed by atoms with Crippen LogP contribution in [-0.2, 0) is 17.9 Å². The van der Waals surface area contributed by atoms with E-state index in [-0.39, 0.29) is 0 Å². The Balaban J connectivity index is 1.95. The topological polar surface area (TPSA) is 48.4 Å². The first-order valence-corrected chi connectivity index (χ1v) is 7.48. The minimum Gasteiger partial charge on any atom is -0.468 e. The van der Waals surface area contributed by atoms with E-state index in [9.17, 15) is 0 Å². The van der Waals surface area contributed by atoms with Crippen LogP contribution in [0.5, 0.6) is 0 Å². The third kappa shape index (κ3) is 3.61. The molecular weight excluding hydrogens is 238 g/mol. The molecule has 1 aromatic rings. The van der Waals surface area contributed by atoms with Crippen molar-refractivity contribution in [3.8, 4) is 0 Å². The van der Waals surface area contributed by atoms with Gasteiger partial charge in [0.05, 0.1) is 25.5 Å². The highest BCUT2D eigenvalue weighted by molar-refractivity contribution is 5.15. The van der Waals surface area contributed by atoms with E-state index < -0.39 is 0 Å². The van der Waals surface area contributed by atoms with Gasteiger partial charge in [-0.25, -0.2) is 0 Å². The molecule has 2 N–H and O–H groups in total. The second-order valence-corrected chi connectivity index (χ2v) is 6.25. The Morgan fingerprint density at radius 1 is 1.42 bits per heavy atom. The summed E-state index contributed by atoms with van der Waals surface area (Å²) >= 11 is 0. The Morgan fingerprint density at radius 3 is 2.89 bits per heavy atom. The summed E-state index contributed by atoms with van der Waals surface area (Å²) in [6.07, 6.45) is 5.88. The van der Waals surface area contributed by atoms with Crippen molar-refractivity contribution < 1.29 is 9.15 Å². The summed E-state index contributed by atoms with van der Waals surface area (Å²) in [5.41, 5.74) is 6.75. The summed E-state index contributed by atoms with van der Waals surface area (Å²) in [6.45, 7) is 8.01. The molecule has 0 bridgehead atoms. The third-order valence-corrected chi connectivity index (χ3v) is 4.44. The lowest BCUT2D eigenvalue weighted by Crippen LogP contribution is -2.34. The molecule has 1 aliphatic rings. The quantitative estimate of drug-likeness (QED) is 0.882.